The summed E-state index contributed by atoms with van der Waals surface area (Å²) in [4.78, 5) is 26.0. The van der Waals surface area contributed by atoms with E-state index >= 15 is 0 Å². The number of amides is 2. The summed E-state index contributed by atoms with van der Waals surface area (Å²) in [5.41, 5.74) is 1.49. The van der Waals surface area contributed by atoms with Gasteiger partial charge in [-0.25, -0.2) is 0 Å². The number of benzene rings is 2. The summed E-state index contributed by atoms with van der Waals surface area (Å²) < 4.78 is 0. The van der Waals surface area contributed by atoms with E-state index in [9.17, 15) is 9.59 Å². The fraction of sp³-hybridized carbons (Fsp3) is 0.222. The summed E-state index contributed by atoms with van der Waals surface area (Å²) in [5, 5.41) is 3.48. The van der Waals surface area contributed by atoms with Gasteiger partial charge in [0.2, 0.25) is 11.8 Å². The molecule has 24 heavy (non-hydrogen) atoms. The molecule has 0 spiro atoms. The molecule has 4 nitrogen and oxygen atoms in total. The molecule has 0 saturated carbocycles. The molecule has 2 rings (SSSR count). The Bertz CT molecular complexity index is 700. The third-order valence-corrected chi connectivity index (χ3v) is 3.85. The Kier molecular flexibility index (Phi) is 6.64. The van der Waals surface area contributed by atoms with Crippen molar-refractivity contribution in [3.8, 4) is 0 Å². The van der Waals surface area contributed by atoms with Gasteiger partial charge >= 0.3 is 0 Å². The lowest BCUT2D eigenvalue weighted by Gasteiger charge is -2.21. The molecule has 0 atom stereocenters. The standard InChI is InChI=1S/C18H18Cl2N2O2/c1-2-22(12-13-6-4-3-5-7-13)18(24)11-17(23)21-16-9-14(19)8-15(20)10-16/h3-10H,2,11-12H2,1H3,(H,21,23). The minimum atomic E-state index is -0.398. The van der Waals surface area contributed by atoms with E-state index in [4.69, 9.17) is 23.2 Å². The molecule has 6 heteroatoms. The van der Waals surface area contributed by atoms with Gasteiger partial charge in [0, 0.05) is 28.8 Å². The fourth-order valence-corrected chi connectivity index (χ4v) is 2.79. The second-order valence-electron chi connectivity index (χ2n) is 5.28. The number of halogens is 2. The third kappa shape index (κ3) is 5.55. The predicted molar refractivity (Wildman–Crippen MR) is 97.2 cm³/mol. The maximum Gasteiger partial charge on any atom is 0.233 e. The molecule has 2 amide bonds. The van der Waals surface area contributed by atoms with E-state index in [0.29, 0.717) is 28.8 Å². The minimum absolute atomic E-state index is 0.230. The predicted octanol–water partition coefficient (Wildman–Crippen LogP) is 4.37. The molecule has 1 N–H and O–H groups in total. The molecular weight excluding hydrogens is 347 g/mol. The highest BCUT2D eigenvalue weighted by Crippen LogP contribution is 2.22. The molecule has 0 fully saturated rings. The number of hydrogen-bond donors (Lipinski definition) is 1. The number of anilines is 1. The van der Waals surface area contributed by atoms with Crippen LogP contribution in [-0.4, -0.2) is 23.3 Å². The van der Waals surface area contributed by atoms with Gasteiger partial charge in [-0.05, 0) is 30.7 Å². The quantitative estimate of drug-likeness (QED) is 0.773. The first-order valence-electron chi connectivity index (χ1n) is 7.55. The second kappa shape index (κ2) is 8.71. The van der Waals surface area contributed by atoms with Gasteiger partial charge in [-0.3, -0.25) is 9.59 Å². The third-order valence-electron chi connectivity index (χ3n) is 3.41. The zero-order valence-corrected chi connectivity index (χ0v) is 14.8. The van der Waals surface area contributed by atoms with Crippen LogP contribution in [0.2, 0.25) is 10.0 Å². The number of carbonyl (C=O) groups is 2. The second-order valence-corrected chi connectivity index (χ2v) is 6.15. The van der Waals surface area contributed by atoms with Crippen LogP contribution in [0.25, 0.3) is 0 Å². The van der Waals surface area contributed by atoms with E-state index in [0.717, 1.165) is 5.56 Å². The van der Waals surface area contributed by atoms with Crippen LogP contribution in [0.3, 0.4) is 0 Å². The Labute approximate surface area is 151 Å². The van der Waals surface area contributed by atoms with Crippen molar-refractivity contribution >= 4 is 40.7 Å². The van der Waals surface area contributed by atoms with Gasteiger partial charge in [0.15, 0.2) is 0 Å². The van der Waals surface area contributed by atoms with Gasteiger partial charge in [-0.1, -0.05) is 53.5 Å². The van der Waals surface area contributed by atoms with Crippen LogP contribution in [0.15, 0.2) is 48.5 Å². The number of carbonyl (C=O) groups excluding carboxylic acids is 2. The molecular formula is C18H18Cl2N2O2. The average Bonchev–Trinajstić information content (AvgIpc) is 2.52. The van der Waals surface area contributed by atoms with Crippen molar-refractivity contribution in [3.05, 3.63) is 64.1 Å². The van der Waals surface area contributed by atoms with Gasteiger partial charge in [0.05, 0.1) is 0 Å². The Balaban J connectivity index is 1.95. The van der Waals surface area contributed by atoms with E-state index in [-0.39, 0.29) is 12.3 Å². The lowest BCUT2D eigenvalue weighted by Crippen LogP contribution is -2.33. The topological polar surface area (TPSA) is 49.4 Å². The molecule has 0 saturated heterocycles. The van der Waals surface area contributed by atoms with Gasteiger partial charge in [0.1, 0.15) is 6.42 Å². The van der Waals surface area contributed by atoms with Crippen LogP contribution < -0.4 is 5.32 Å². The number of nitrogens with one attached hydrogen (secondary N) is 1. The normalized spacial score (nSPS) is 10.3. The molecule has 2 aromatic carbocycles. The summed E-state index contributed by atoms with van der Waals surface area (Å²) in [5.74, 6) is -0.628. The summed E-state index contributed by atoms with van der Waals surface area (Å²) in [6.07, 6.45) is -0.231. The highest BCUT2D eigenvalue weighted by molar-refractivity contribution is 6.35. The molecule has 2 aromatic rings. The molecule has 0 heterocycles. The first-order valence-corrected chi connectivity index (χ1v) is 8.31. The number of rotatable bonds is 6. The summed E-state index contributed by atoms with van der Waals surface area (Å²) in [6.45, 7) is 2.89. The van der Waals surface area contributed by atoms with Gasteiger partial charge in [-0.15, -0.1) is 0 Å². The first-order chi connectivity index (χ1) is 11.5. The first kappa shape index (κ1) is 18.3. The Hall–Kier alpha value is -2.04. The SMILES string of the molecule is CCN(Cc1ccccc1)C(=O)CC(=O)Nc1cc(Cl)cc(Cl)c1. The zero-order chi connectivity index (χ0) is 17.5. The highest BCUT2D eigenvalue weighted by Gasteiger charge is 2.16. The van der Waals surface area contributed by atoms with Crippen molar-refractivity contribution in [3.63, 3.8) is 0 Å². The molecule has 0 aliphatic carbocycles. The van der Waals surface area contributed by atoms with Crippen molar-refractivity contribution in [2.75, 3.05) is 11.9 Å². The van der Waals surface area contributed by atoms with E-state index < -0.39 is 5.91 Å². The lowest BCUT2D eigenvalue weighted by molar-refractivity contribution is -0.134. The van der Waals surface area contributed by atoms with Crippen LogP contribution in [-0.2, 0) is 16.1 Å². The van der Waals surface area contributed by atoms with Crippen LogP contribution in [0, 0.1) is 0 Å². The molecule has 0 radical (unpaired) electrons. The summed E-state index contributed by atoms with van der Waals surface area (Å²) >= 11 is 11.8. The zero-order valence-electron chi connectivity index (χ0n) is 13.3. The summed E-state index contributed by atoms with van der Waals surface area (Å²) in [7, 11) is 0. The van der Waals surface area contributed by atoms with Gasteiger partial charge in [-0.2, -0.15) is 0 Å². The molecule has 0 unspecified atom stereocenters. The minimum Gasteiger partial charge on any atom is -0.338 e. The highest BCUT2D eigenvalue weighted by atomic mass is 35.5. The van der Waals surface area contributed by atoms with E-state index in [1.807, 2.05) is 37.3 Å². The maximum atomic E-state index is 12.3. The molecule has 0 aromatic heterocycles. The van der Waals surface area contributed by atoms with E-state index in [1.165, 1.54) is 0 Å². The van der Waals surface area contributed by atoms with Crippen LogP contribution >= 0.6 is 23.2 Å². The van der Waals surface area contributed by atoms with Crippen molar-refractivity contribution in [2.45, 2.75) is 19.9 Å². The molecule has 126 valence electrons. The van der Waals surface area contributed by atoms with E-state index in [1.54, 1.807) is 23.1 Å². The fourth-order valence-electron chi connectivity index (χ4n) is 2.26. The Morgan fingerprint density at radius 2 is 1.67 bits per heavy atom. The van der Waals surface area contributed by atoms with Gasteiger partial charge < -0.3 is 10.2 Å². The molecule has 0 aliphatic heterocycles. The Morgan fingerprint density at radius 1 is 1.04 bits per heavy atom. The van der Waals surface area contributed by atoms with Crippen LogP contribution in [0.5, 0.6) is 0 Å². The number of hydrogen-bond acceptors (Lipinski definition) is 2. The Morgan fingerprint density at radius 3 is 2.25 bits per heavy atom. The van der Waals surface area contributed by atoms with Gasteiger partial charge in [0.25, 0.3) is 0 Å². The maximum absolute atomic E-state index is 12.3. The van der Waals surface area contributed by atoms with Crippen LogP contribution in [0.4, 0.5) is 5.69 Å². The number of nitrogens with zero attached hydrogens (tertiary/aromatic N) is 1. The lowest BCUT2D eigenvalue weighted by atomic mass is 10.2. The van der Waals surface area contributed by atoms with E-state index in [2.05, 4.69) is 5.32 Å². The molecule has 0 bridgehead atoms. The van der Waals surface area contributed by atoms with Crippen molar-refractivity contribution < 1.29 is 9.59 Å². The van der Waals surface area contributed by atoms with Crippen molar-refractivity contribution in [1.29, 1.82) is 0 Å². The van der Waals surface area contributed by atoms with Crippen molar-refractivity contribution in [2.24, 2.45) is 0 Å². The van der Waals surface area contributed by atoms with Crippen LogP contribution in [0.1, 0.15) is 18.9 Å². The van der Waals surface area contributed by atoms with Crippen molar-refractivity contribution in [1.82, 2.24) is 4.90 Å². The monoisotopic (exact) mass is 364 g/mol. The molecule has 0 aliphatic rings. The average molecular weight is 365 g/mol. The smallest absolute Gasteiger partial charge is 0.233 e. The largest absolute Gasteiger partial charge is 0.338 e. The summed E-state index contributed by atoms with van der Waals surface area (Å²) in [6, 6.07) is 14.4.